The third-order valence-corrected chi connectivity index (χ3v) is 7.07. The van der Waals surface area contributed by atoms with Gasteiger partial charge in [0, 0.05) is 26.1 Å². The molecule has 1 fully saturated rings. The largest absolute Gasteiger partial charge is 0.352 e. The van der Waals surface area contributed by atoms with Crippen LogP contribution in [0.2, 0.25) is 0 Å². The van der Waals surface area contributed by atoms with Crippen LogP contribution in [0.25, 0.3) is 0 Å². The molecule has 0 unspecified atom stereocenters. The van der Waals surface area contributed by atoms with E-state index < -0.39 is 10.0 Å². The summed E-state index contributed by atoms with van der Waals surface area (Å²) in [5.41, 5.74) is 0.910. The Hall–Kier alpha value is -1.40. The summed E-state index contributed by atoms with van der Waals surface area (Å²) >= 11 is 0. The van der Waals surface area contributed by atoms with Crippen LogP contribution in [0.4, 0.5) is 0 Å². The van der Waals surface area contributed by atoms with E-state index in [0.29, 0.717) is 31.0 Å². The van der Waals surface area contributed by atoms with Crippen molar-refractivity contribution >= 4 is 15.9 Å². The lowest BCUT2D eigenvalue weighted by Crippen LogP contribution is -2.30. The van der Waals surface area contributed by atoms with Gasteiger partial charge in [-0.25, -0.2) is 8.42 Å². The predicted molar refractivity (Wildman–Crippen MR) is 99.6 cm³/mol. The first-order valence-electron chi connectivity index (χ1n) is 9.33. The number of carbonyl (C=O) groups is 1. The van der Waals surface area contributed by atoms with Gasteiger partial charge in [-0.05, 0) is 30.0 Å². The highest BCUT2D eigenvalue weighted by atomic mass is 32.2. The van der Waals surface area contributed by atoms with E-state index in [4.69, 9.17) is 0 Å². The average molecular weight is 367 g/mol. The fourth-order valence-corrected chi connectivity index (χ4v) is 4.87. The van der Waals surface area contributed by atoms with Crippen LogP contribution >= 0.6 is 0 Å². The molecule has 1 aromatic carbocycles. The molecule has 0 aliphatic heterocycles. The predicted octanol–water partition coefficient (Wildman–Crippen LogP) is 3.30. The molecule has 1 aliphatic carbocycles. The lowest BCUT2D eigenvalue weighted by Gasteiger charge is -2.18. The second-order valence-corrected chi connectivity index (χ2v) is 8.64. The van der Waals surface area contributed by atoms with Gasteiger partial charge < -0.3 is 5.32 Å². The van der Waals surface area contributed by atoms with E-state index >= 15 is 0 Å². The Morgan fingerprint density at radius 1 is 1.12 bits per heavy atom. The molecule has 1 saturated carbocycles. The maximum atomic E-state index is 12.4. The number of rotatable bonds is 9. The second kappa shape index (κ2) is 9.34. The monoisotopic (exact) mass is 366 g/mol. The van der Waals surface area contributed by atoms with Crippen molar-refractivity contribution in [2.24, 2.45) is 5.92 Å². The van der Waals surface area contributed by atoms with E-state index in [2.05, 4.69) is 5.32 Å². The van der Waals surface area contributed by atoms with Crippen LogP contribution < -0.4 is 5.32 Å². The molecular formula is C19H30N2O3S. The molecule has 0 saturated heterocycles. The summed E-state index contributed by atoms with van der Waals surface area (Å²) in [7, 11) is -3.42. The van der Waals surface area contributed by atoms with Gasteiger partial charge in [0.25, 0.3) is 0 Å². The molecule has 5 nitrogen and oxygen atoms in total. The number of hydrogen-bond acceptors (Lipinski definition) is 3. The number of benzene rings is 1. The van der Waals surface area contributed by atoms with Crippen molar-refractivity contribution in [3.8, 4) is 0 Å². The average Bonchev–Trinajstić information content (AvgIpc) is 3.13. The van der Waals surface area contributed by atoms with Crippen LogP contribution in [0.1, 0.15) is 57.9 Å². The summed E-state index contributed by atoms with van der Waals surface area (Å²) in [6.07, 6.45) is 6.68. The van der Waals surface area contributed by atoms with Gasteiger partial charge in [0.2, 0.25) is 15.9 Å². The van der Waals surface area contributed by atoms with Crippen LogP contribution in [0, 0.1) is 5.92 Å². The topological polar surface area (TPSA) is 66.5 Å². The zero-order chi connectivity index (χ0) is 18.3. The van der Waals surface area contributed by atoms with Gasteiger partial charge >= 0.3 is 0 Å². The summed E-state index contributed by atoms with van der Waals surface area (Å²) in [4.78, 5) is 12.3. The number of carbonyl (C=O) groups excluding carboxylic acids is 1. The first kappa shape index (κ1) is 19.9. The first-order chi connectivity index (χ1) is 12.0. The van der Waals surface area contributed by atoms with E-state index in [0.717, 1.165) is 17.9 Å². The molecule has 0 heterocycles. The summed E-state index contributed by atoms with van der Waals surface area (Å²) in [5, 5.41) is 2.93. The molecule has 140 valence electrons. The first-order valence-corrected chi connectivity index (χ1v) is 10.8. The van der Waals surface area contributed by atoms with E-state index in [1.165, 1.54) is 30.0 Å². The van der Waals surface area contributed by atoms with Crippen molar-refractivity contribution in [2.45, 2.75) is 63.8 Å². The molecular weight excluding hydrogens is 336 g/mol. The van der Waals surface area contributed by atoms with Crippen LogP contribution in [0.3, 0.4) is 0 Å². The van der Waals surface area contributed by atoms with Crippen molar-refractivity contribution in [2.75, 3.05) is 13.1 Å². The van der Waals surface area contributed by atoms with E-state index in [9.17, 15) is 13.2 Å². The van der Waals surface area contributed by atoms with Crippen LogP contribution in [-0.4, -0.2) is 31.7 Å². The Morgan fingerprint density at radius 3 is 2.28 bits per heavy atom. The van der Waals surface area contributed by atoms with Crippen molar-refractivity contribution in [1.29, 1.82) is 0 Å². The Kier molecular flexibility index (Phi) is 7.44. The van der Waals surface area contributed by atoms with Gasteiger partial charge in [0.05, 0.1) is 4.90 Å². The molecule has 6 heteroatoms. The molecule has 1 aliphatic rings. The lowest BCUT2D eigenvalue weighted by atomic mass is 10.0. The van der Waals surface area contributed by atoms with Gasteiger partial charge in [-0.2, -0.15) is 4.31 Å². The van der Waals surface area contributed by atoms with E-state index in [1.54, 1.807) is 24.3 Å². The van der Waals surface area contributed by atoms with Crippen molar-refractivity contribution < 1.29 is 13.2 Å². The summed E-state index contributed by atoms with van der Waals surface area (Å²) in [6.45, 7) is 5.01. The normalized spacial score (nSPS) is 15.6. The fourth-order valence-electron chi connectivity index (χ4n) is 3.42. The van der Waals surface area contributed by atoms with Gasteiger partial charge in [-0.3, -0.25) is 4.79 Å². The smallest absolute Gasteiger partial charge is 0.243 e. The van der Waals surface area contributed by atoms with E-state index in [1.807, 2.05) is 13.8 Å². The Balaban J connectivity index is 1.84. The van der Waals surface area contributed by atoms with Crippen LogP contribution in [0.5, 0.6) is 0 Å². The molecule has 0 radical (unpaired) electrons. The lowest BCUT2D eigenvalue weighted by molar-refractivity contribution is -0.121. The molecule has 1 aromatic rings. The zero-order valence-electron chi connectivity index (χ0n) is 15.3. The number of sulfonamides is 1. The minimum absolute atomic E-state index is 0.0757. The third kappa shape index (κ3) is 5.54. The number of hydrogen-bond donors (Lipinski definition) is 1. The van der Waals surface area contributed by atoms with Crippen molar-refractivity contribution in [1.82, 2.24) is 9.62 Å². The van der Waals surface area contributed by atoms with Gasteiger partial charge in [0.15, 0.2) is 0 Å². The maximum Gasteiger partial charge on any atom is 0.243 e. The van der Waals surface area contributed by atoms with Crippen molar-refractivity contribution in [3.05, 3.63) is 29.8 Å². The SMILES string of the molecule is CCN(CC)S(=O)(=O)c1ccc(CNC(=O)CCC2CCCC2)cc1. The second-order valence-electron chi connectivity index (χ2n) is 6.70. The summed E-state index contributed by atoms with van der Waals surface area (Å²) in [5.74, 6) is 0.794. The van der Waals surface area contributed by atoms with Crippen LogP contribution in [0.15, 0.2) is 29.2 Å². The summed E-state index contributed by atoms with van der Waals surface area (Å²) in [6, 6.07) is 6.78. The zero-order valence-corrected chi connectivity index (χ0v) is 16.1. The van der Waals surface area contributed by atoms with Gasteiger partial charge in [0.1, 0.15) is 0 Å². The molecule has 1 amide bonds. The Labute approximate surface area is 151 Å². The van der Waals surface area contributed by atoms with Gasteiger partial charge in [-0.1, -0.05) is 51.7 Å². The highest BCUT2D eigenvalue weighted by Crippen LogP contribution is 2.28. The summed E-state index contributed by atoms with van der Waals surface area (Å²) < 4.78 is 26.3. The molecule has 0 atom stereocenters. The van der Waals surface area contributed by atoms with E-state index in [-0.39, 0.29) is 5.91 Å². The fraction of sp³-hybridized carbons (Fsp3) is 0.632. The maximum absolute atomic E-state index is 12.4. The third-order valence-electron chi connectivity index (χ3n) is 5.01. The highest BCUT2D eigenvalue weighted by Gasteiger charge is 2.21. The minimum atomic E-state index is -3.42. The molecule has 0 spiro atoms. The quantitative estimate of drug-likeness (QED) is 0.729. The van der Waals surface area contributed by atoms with Crippen LogP contribution in [-0.2, 0) is 21.4 Å². The molecule has 0 bridgehead atoms. The highest BCUT2D eigenvalue weighted by molar-refractivity contribution is 7.89. The van der Waals surface area contributed by atoms with Crippen molar-refractivity contribution in [3.63, 3.8) is 0 Å². The Bertz CT molecular complexity index is 646. The molecule has 0 aromatic heterocycles. The van der Waals surface area contributed by atoms with Gasteiger partial charge in [-0.15, -0.1) is 0 Å². The molecule has 2 rings (SSSR count). The Morgan fingerprint density at radius 2 is 1.72 bits per heavy atom. The number of nitrogens with zero attached hydrogens (tertiary/aromatic N) is 1. The minimum Gasteiger partial charge on any atom is -0.352 e. The standard InChI is InChI=1S/C19H30N2O3S/c1-3-21(4-2)25(23,24)18-12-9-17(10-13-18)15-20-19(22)14-11-16-7-5-6-8-16/h9-10,12-13,16H,3-8,11,14-15H2,1-2H3,(H,20,22). The molecule has 25 heavy (non-hydrogen) atoms. The molecule has 1 N–H and O–H groups in total. The number of nitrogens with one attached hydrogen (secondary N) is 1. The number of amides is 1.